The van der Waals surface area contributed by atoms with Gasteiger partial charge in [-0.25, -0.2) is 0 Å². The highest BCUT2D eigenvalue weighted by Gasteiger charge is 2.00. The number of aliphatic hydroxyl groups is 1. The van der Waals surface area contributed by atoms with Gasteiger partial charge < -0.3 is 9.66 Å². The number of hydrogen-bond donors (Lipinski definition) is 1. The van der Waals surface area contributed by atoms with E-state index >= 15 is 0 Å². The van der Waals surface area contributed by atoms with Gasteiger partial charge in [-0.1, -0.05) is 58.3 Å². The molecule has 1 unspecified atom stereocenters. The molecule has 2 nitrogen and oxygen atoms in total. The molecule has 0 aliphatic carbocycles. The Morgan fingerprint density at radius 2 is 1.39 bits per heavy atom. The van der Waals surface area contributed by atoms with Gasteiger partial charge in [0.1, 0.15) is 11.2 Å². The van der Waals surface area contributed by atoms with Gasteiger partial charge in [-0.15, -0.1) is 0 Å². The number of aliphatic hydroxyl groups excluding tert-OH is 1. The summed E-state index contributed by atoms with van der Waals surface area (Å²) in [7, 11) is 0. The summed E-state index contributed by atoms with van der Waals surface area (Å²) in [4.78, 5) is 0. The van der Waals surface area contributed by atoms with Gasteiger partial charge in [0.2, 0.25) is 0 Å². The van der Waals surface area contributed by atoms with Gasteiger partial charge >= 0.3 is 0 Å². The average molecular weight is 274 g/mol. The zero-order chi connectivity index (χ0) is 13.5. The molecule has 0 aromatic carbocycles. The molecule has 0 aromatic heterocycles. The Morgan fingerprint density at radius 3 is 1.89 bits per heavy atom. The summed E-state index contributed by atoms with van der Waals surface area (Å²) in [5.74, 6) is 0.743. The molecule has 0 spiro atoms. The molecule has 1 atom stereocenters. The smallest absolute Gasteiger partial charge is 0.115 e. The van der Waals surface area contributed by atoms with Crippen molar-refractivity contribution in [3.05, 3.63) is 11.5 Å². The molecule has 0 heterocycles. The molecule has 0 aliphatic heterocycles. The Bertz CT molecular complexity index is 183. The monoisotopic (exact) mass is 274 g/mol. The van der Waals surface area contributed by atoms with Crippen LogP contribution in [0.4, 0.5) is 0 Å². The maximum Gasteiger partial charge on any atom is 0.115 e. The van der Waals surface area contributed by atoms with Crippen molar-refractivity contribution in [1.29, 1.82) is 0 Å². The van der Waals surface area contributed by atoms with Crippen molar-refractivity contribution in [3.63, 3.8) is 0 Å². The van der Waals surface area contributed by atoms with Gasteiger partial charge in [0.15, 0.2) is 0 Å². The van der Waals surface area contributed by atoms with E-state index < -0.39 is 11.2 Å². The summed E-state index contributed by atoms with van der Waals surface area (Å²) in [5, 5.41) is 10.1. The van der Waals surface area contributed by atoms with Crippen molar-refractivity contribution >= 4 is 11.2 Å². The minimum absolute atomic E-state index is 0.0101. The van der Waals surface area contributed by atoms with Crippen LogP contribution in [0.3, 0.4) is 0 Å². The third-order valence-corrected chi connectivity index (χ3v) is 4.24. The van der Waals surface area contributed by atoms with Crippen LogP contribution >= 0.6 is 0 Å². The highest BCUT2D eigenvalue weighted by molar-refractivity contribution is 7.94. The third-order valence-electron chi connectivity index (χ3n) is 3.05. The first-order valence-corrected chi connectivity index (χ1v) is 8.84. The average Bonchev–Trinajstić information content (AvgIpc) is 2.38. The molecule has 0 aromatic rings. The van der Waals surface area contributed by atoms with Crippen molar-refractivity contribution in [3.8, 4) is 0 Å². The van der Waals surface area contributed by atoms with Crippen LogP contribution in [0, 0.1) is 0 Å². The lowest BCUT2D eigenvalue weighted by molar-refractivity contribution is 0.343. The van der Waals surface area contributed by atoms with Crippen molar-refractivity contribution in [2.45, 2.75) is 71.1 Å². The lowest BCUT2D eigenvalue weighted by Gasteiger charge is -2.05. The molecule has 3 heteroatoms. The fourth-order valence-corrected chi connectivity index (χ4v) is 2.88. The van der Waals surface area contributed by atoms with E-state index in [2.05, 4.69) is 6.92 Å². The molecule has 0 amide bonds. The zero-order valence-corrected chi connectivity index (χ0v) is 12.7. The number of rotatable bonds is 13. The van der Waals surface area contributed by atoms with Crippen LogP contribution in [0.2, 0.25) is 0 Å². The van der Waals surface area contributed by atoms with Crippen molar-refractivity contribution in [2.75, 3.05) is 12.4 Å². The molecular weight excluding hydrogens is 244 g/mol. The lowest BCUT2D eigenvalue weighted by atomic mass is 10.1. The van der Waals surface area contributed by atoms with Crippen LogP contribution in [-0.2, 0) is 11.2 Å². The van der Waals surface area contributed by atoms with Gasteiger partial charge in [0.05, 0.1) is 6.61 Å². The number of hydrogen-bond acceptors (Lipinski definition) is 2. The van der Waals surface area contributed by atoms with E-state index in [1.165, 1.54) is 57.8 Å². The Kier molecular flexibility index (Phi) is 15.1. The molecule has 0 fully saturated rings. The second-order valence-corrected chi connectivity index (χ2v) is 6.26. The third kappa shape index (κ3) is 14.1. The second kappa shape index (κ2) is 15.1. The summed E-state index contributed by atoms with van der Waals surface area (Å²) < 4.78 is 11.4. The summed E-state index contributed by atoms with van der Waals surface area (Å²) >= 11 is -0.873. The topological polar surface area (TPSA) is 43.3 Å². The van der Waals surface area contributed by atoms with E-state index in [-0.39, 0.29) is 6.61 Å². The molecular formula is C15H30O2S. The first-order valence-electron chi connectivity index (χ1n) is 7.46. The van der Waals surface area contributed by atoms with Crippen LogP contribution in [0.1, 0.15) is 71.1 Å². The molecule has 108 valence electrons. The van der Waals surface area contributed by atoms with Crippen LogP contribution in [-0.4, -0.2) is 22.0 Å². The minimum Gasteiger partial charge on any atom is -0.612 e. The number of unbranched alkanes of at least 4 members (excludes halogenated alkanes) is 9. The van der Waals surface area contributed by atoms with E-state index in [0.29, 0.717) is 0 Å². The van der Waals surface area contributed by atoms with Crippen LogP contribution in [0.15, 0.2) is 11.5 Å². The molecule has 0 rings (SSSR count). The molecule has 0 aliphatic rings. The Labute approximate surface area is 116 Å². The van der Waals surface area contributed by atoms with E-state index in [4.69, 9.17) is 5.11 Å². The van der Waals surface area contributed by atoms with Crippen molar-refractivity contribution < 1.29 is 9.66 Å². The highest BCUT2D eigenvalue weighted by Crippen LogP contribution is 2.11. The van der Waals surface area contributed by atoms with Crippen molar-refractivity contribution in [1.82, 2.24) is 0 Å². The summed E-state index contributed by atoms with van der Waals surface area (Å²) in [6.07, 6.45) is 14.6. The SMILES string of the molecule is CCCCCCCCCCCC[S+]([O-])C=CCO. The van der Waals surface area contributed by atoms with Gasteiger partial charge in [-0.05, 0) is 30.1 Å². The first-order chi connectivity index (χ1) is 8.81. The standard InChI is InChI=1S/C15H30O2S/c1-2-3-4-5-6-7-8-9-10-11-14-18(17)15-12-13-16/h12,15-16H,2-11,13-14H2,1H3. The quantitative estimate of drug-likeness (QED) is 0.405. The largest absolute Gasteiger partial charge is 0.612 e. The van der Waals surface area contributed by atoms with Gasteiger partial charge in [-0.2, -0.15) is 0 Å². The fourth-order valence-electron chi connectivity index (χ4n) is 1.95. The Hall–Kier alpha value is 0.01000. The molecule has 0 saturated heterocycles. The van der Waals surface area contributed by atoms with Gasteiger partial charge in [0, 0.05) is 0 Å². The normalized spacial score (nSPS) is 13.3. The van der Waals surface area contributed by atoms with Crippen LogP contribution in [0.25, 0.3) is 0 Å². The predicted octanol–water partition coefficient (Wildman–Crippen LogP) is 4.16. The van der Waals surface area contributed by atoms with E-state index in [0.717, 1.165) is 12.2 Å². The summed E-state index contributed by atoms with van der Waals surface area (Å²) in [6, 6.07) is 0. The van der Waals surface area contributed by atoms with Gasteiger partial charge in [-0.3, -0.25) is 0 Å². The summed E-state index contributed by atoms with van der Waals surface area (Å²) in [5.41, 5.74) is 0. The first kappa shape index (κ1) is 18.0. The van der Waals surface area contributed by atoms with Crippen LogP contribution in [0.5, 0.6) is 0 Å². The molecule has 18 heavy (non-hydrogen) atoms. The lowest BCUT2D eigenvalue weighted by Crippen LogP contribution is -2.02. The zero-order valence-electron chi connectivity index (χ0n) is 11.9. The molecule has 0 saturated carbocycles. The maximum absolute atomic E-state index is 11.4. The second-order valence-electron chi connectivity index (χ2n) is 4.82. The molecule has 0 radical (unpaired) electrons. The fraction of sp³-hybridized carbons (Fsp3) is 0.867. The molecule has 1 N–H and O–H groups in total. The highest BCUT2D eigenvalue weighted by atomic mass is 32.2. The van der Waals surface area contributed by atoms with E-state index in [9.17, 15) is 4.55 Å². The van der Waals surface area contributed by atoms with Crippen LogP contribution < -0.4 is 0 Å². The predicted molar refractivity (Wildman–Crippen MR) is 81.1 cm³/mol. The Balaban J connectivity index is 3.09. The minimum atomic E-state index is -0.873. The van der Waals surface area contributed by atoms with Crippen molar-refractivity contribution in [2.24, 2.45) is 0 Å². The Morgan fingerprint density at radius 1 is 0.889 bits per heavy atom. The van der Waals surface area contributed by atoms with Gasteiger partial charge in [0.25, 0.3) is 0 Å². The summed E-state index contributed by atoms with van der Waals surface area (Å²) in [6.45, 7) is 2.24. The van der Waals surface area contributed by atoms with E-state index in [1.54, 1.807) is 11.5 Å². The molecule has 0 bridgehead atoms. The van der Waals surface area contributed by atoms with E-state index in [1.807, 2.05) is 0 Å². The maximum atomic E-state index is 11.4.